The molecule has 0 aliphatic carbocycles. The van der Waals surface area contributed by atoms with Crippen LogP contribution in [0.1, 0.15) is 92.4 Å². The topological polar surface area (TPSA) is 124 Å². The number of carbonyl (C=O) groups excluding carboxylic acids is 2. The van der Waals surface area contributed by atoms with Crippen molar-refractivity contribution in [3.8, 4) is 11.1 Å². The van der Waals surface area contributed by atoms with Gasteiger partial charge in [-0.3, -0.25) is 19.7 Å². The van der Waals surface area contributed by atoms with E-state index in [-0.39, 0.29) is 31.1 Å². The molecular formula is C40H52N4O6. The first kappa shape index (κ1) is 36.2. The maximum absolute atomic E-state index is 12.4. The molecule has 4 atom stereocenters. The van der Waals surface area contributed by atoms with Crippen molar-refractivity contribution in [1.29, 1.82) is 0 Å². The van der Waals surface area contributed by atoms with Gasteiger partial charge in [-0.2, -0.15) is 0 Å². The molecule has 0 aromatic heterocycles. The Hall–Kier alpha value is -3.64. The highest BCUT2D eigenvalue weighted by Crippen LogP contribution is 2.39. The number of hydrogen-bond donors (Lipinski definition) is 4. The molecule has 268 valence electrons. The van der Waals surface area contributed by atoms with Crippen LogP contribution >= 0.6 is 0 Å². The van der Waals surface area contributed by atoms with Crippen molar-refractivity contribution < 1.29 is 29.4 Å². The summed E-state index contributed by atoms with van der Waals surface area (Å²) in [4.78, 5) is 28.8. The fourth-order valence-electron chi connectivity index (χ4n) is 7.54. The number of hydroxylamine groups is 1. The minimum Gasteiger partial charge on any atom is -0.392 e. The molecule has 3 heterocycles. The lowest BCUT2D eigenvalue weighted by molar-refractivity contribution is -0.253. The van der Waals surface area contributed by atoms with Gasteiger partial charge in [0.15, 0.2) is 6.29 Å². The number of aliphatic hydroxyl groups excluding tert-OH is 1. The second kappa shape index (κ2) is 18.0. The lowest BCUT2D eigenvalue weighted by Crippen LogP contribution is -2.45. The number of hydrogen-bond acceptors (Lipinski definition) is 8. The molecule has 0 spiro atoms. The van der Waals surface area contributed by atoms with E-state index in [4.69, 9.17) is 14.7 Å². The zero-order valence-electron chi connectivity index (χ0n) is 29.0. The predicted molar refractivity (Wildman–Crippen MR) is 191 cm³/mol. The van der Waals surface area contributed by atoms with E-state index < -0.39 is 12.2 Å². The summed E-state index contributed by atoms with van der Waals surface area (Å²) in [7, 11) is 0. The van der Waals surface area contributed by atoms with Gasteiger partial charge < -0.3 is 24.8 Å². The van der Waals surface area contributed by atoms with Crippen LogP contribution in [0.2, 0.25) is 0 Å². The van der Waals surface area contributed by atoms with Gasteiger partial charge in [0.1, 0.15) is 0 Å². The van der Waals surface area contributed by atoms with E-state index >= 15 is 0 Å². The molecule has 3 aromatic carbocycles. The Labute approximate surface area is 295 Å². The molecule has 10 nitrogen and oxygen atoms in total. The second-order valence-corrected chi connectivity index (χ2v) is 14.0. The molecule has 4 N–H and O–H groups in total. The molecule has 3 fully saturated rings. The number of nitrogens with zero attached hydrogens (tertiary/aromatic N) is 2. The van der Waals surface area contributed by atoms with Gasteiger partial charge in [0.2, 0.25) is 11.8 Å². The normalized spacial score (nSPS) is 22.8. The molecular weight excluding hydrogens is 632 g/mol. The van der Waals surface area contributed by atoms with E-state index in [2.05, 4.69) is 57.6 Å². The van der Waals surface area contributed by atoms with Crippen LogP contribution < -0.4 is 10.8 Å². The maximum atomic E-state index is 12.4. The summed E-state index contributed by atoms with van der Waals surface area (Å²) in [5.74, 6) is -0.510. The van der Waals surface area contributed by atoms with Gasteiger partial charge in [-0.1, -0.05) is 60.7 Å². The molecule has 10 heteroatoms. The second-order valence-electron chi connectivity index (χ2n) is 14.0. The number of nitrogens with one attached hydrogen (secondary N) is 2. The number of unbranched alkanes of at least 4 members (excludes halogenated alkanes) is 1. The first-order chi connectivity index (χ1) is 24.5. The monoisotopic (exact) mass is 684 g/mol. The van der Waals surface area contributed by atoms with Crippen molar-refractivity contribution in [2.24, 2.45) is 0 Å². The highest BCUT2D eigenvalue weighted by Gasteiger charge is 2.36. The van der Waals surface area contributed by atoms with Crippen LogP contribution in [-0.4, -0.2) is 76.8 Å². The number of carbonyl (C=O) groups is 2. The molecule has 3 aliphatic heterocycles. The lowest BCUT2D eigenvalue weighted by atomic mass is 9.98. The van der Waals surface area contributed by atoms with Crippen molar-refractivity contribution in [2.45, 2.75) is 95.5 Å². The molecule has 3 aliphatic rings. The number of amides is 2. The first-order valence-corrected chi connectivity index (χ1v) is 18.3. The van der Waals surface area contributed by atoms with Crippen LogP contribution in [0, 0.1) is 0 Å². The summed E-state index contributed by atoms with van der Waals surface area (Å²) in [5, 5.41) is 21.2. The first-order valence-electron chi connectivity index (χ1n) is 18.3. The van der Waals surface area contributed by atoms with Crippen LogP contribution in [0.15, 0.2) is 72.8 Å². The molecule has 3 aromatic rings. The minimum absolute atomic E-state index is 0.0119. The fourth-order valence-corrected chi connectivity index (χ4v) is 7.54. The van der Waals surface area contributed by atoms with E-state index in [1.807, 2.05) is 30.3 Å². The van der Waals surface area contributed by atoms with Crippen LogP contribution in [0.25, 0.3) is 11.1 Å². The van der Waals surface area contributed by atoms with Crippen LogP contribution in [-0.2, 0) is 32.2 Å². The molecule has 2 amide bonds. The van der Waals surface area contributed by atoms with Crippen LogP contribution in [0.3, 0.4) is 0 Å². The van der Waals surface area contributed by atoms with Gasteiger partial charge in [0.25, 0.3) is 0 Å². The Morgan fingerprint density at radius 1 is 0.780 bits per heavy atom. The van der Waals surface area contributed by atoms with Crippen LogP contribution in [0.5, 0.6) is 0 Å². The average molecular weight is 685 g/mol. The van der Waals surface area contributed by atoms with E-state index in [9.17, 15) is 14.7 Å². The molecule has 50 heavy (non-hydrogen) atoms. The third kappa shape index (κ3) is 9.99. The van der Waals surface area contributed by atoms with Crippen molar-refractivity contribution in [2.75, 3.05) is 32.7 Å². The van der Waals surface area contributed by atoms with Crippen molar-refractivity contribution in [1.82, 2.24) is 20.6 Å². The summed E-state index contributed by atoms with van der Waals surface area (Å²) in [6.45, 7) is 6.00. The summed E-state index contributed by atoms with van der Waals surface area (Å²) in [5.41, 5.74) is 7.64. The Balaban J connectivity index is 1.13. The van der Waals surface area contributed by atoms with Gasteiger partial charge in [0, 0.05) is 50.5 Å². The molecule has 0 bridgehead atoms. The van der Waals surface area contributed by atoms with E-state index in [1.54, 1.807) is 5.48 Å². The Morgan fingerprint density at radius 2 is 1.52 bits per heavy atom. The lowest BCUT2D eigenvalue weighted by Gasteiger charge is -2.39. The standard InChI is InChI=1S/C40H52N4O6/c45-28-29-15-17-31(18-16-29)37-24-36(27-44-21-7-12-35(44)26-43-19-3-4-20-43)49-40(50-37)34-11-6-10-33(23-34)32-9-5-8-30(22-32)25-41-38(46)13-1-2-14-39(47)42-48/h5-6,8-11,15-18,22-23,35-37,40,45,48H,1-4,7,12-14,19-21,24-28H2,(H,41,46)(H,42,47)/t35-,36-,37+,40+/m0/s1. The molecule has 0 saturated carbocycles. The summed E-state index contributed by atoms with van der Waals surface area (Å²) < 4.78 is 13.5. The van der Waals surface area contributed by atoms with Gasteiger partial charge in [-0.05, 0) is 98.1 Å². The molecule has 6 rings (SSSR count). The van der Waals surface area contributed by atoms with Gasteiger partial charge in [-0.25, -0.2) is 5.48 Å². The smallest absolute Gasteiger partial charge is 0.243 e. The average Bonchev–Trinajstić information content (AvgIpc) is 3.85. The van der Waals surface area contributed by atoms with Crippen molar-refractivity contribution >= 4 is 11.8 Å². The predicted octanol–water partition coefficient (Wildman–Crippen LogP) is 5.63. The number of rotatable bonds is 15. The molecule has 0 radical (unpaired) electrons. The van der Waals surface area contributed by atoms with Crippen molar-refractivity contribution in [3.63, 3.8) is 0 Å². The van der Waals surface area contributed by atoms with E-state index in [1.165, 1.54) is 38.8 Å². The van der Waals surface area contributed by atoms with Crippen molar-refractivity contribution in [3.05, 3.63) is 95.1 Å². The third-order valence-electron chi connectivity index (χ3n) is 10.3. The summed E-state index contributed by atoms with van der Waals surface area (Å²) in [6, 6.07) is 25.2. The highest BCUT2D eigenvalue weighted by atomic mass is 16.7. The van der Waals surface area contributed by atoms with E-state index in [0.717, 1.165) is 59.4 Å². The Kier molecular flexibility index (Phi) is 13.0. The van der Waals surface area contributed by atoms with E-state index in [0.29, 0.717) is 31.8 Å². The summed E-state index contributed by atoms with van der Waals surface area (Å²) in [6.07, 6.45) is 6.85. The van der Waals surface area contributed by atoms with Gasteiger partial charge in [-0.15, -0.1) is 0 Å². The van der Waals surface area contributed by atoms with Gasteiger partial charge in [0.05, 0.1) is 18.8 Å². The largest absolute Gasteiger partial charge is 0.392 e. The highest BCUT2D eigenvalue weighted by molar-refractivity contribution is 5.76. The zero-order chi connectivity index (χ0) is 34.7. The SMILES string of the molecule is O=C(CCCCC(=O)NCc1cccc(-c2cccc([C@@H]3O[C@H](CN4CCC[C@H]4CN4CCCC4)C[C@H](c4ccc(CO)cc4)O3)c2)c1)NO. The number of ether oxygens (including phenoxy) is 2. The number of benzene rings is 3. The quantitative estimate of drug-likeness (QED) is 0.0923. The maximum Gasteiger partial charge on any atom is 0.243 e. The number of aliphatic hydroxyl groups is 1. The third-order valence-corrected chi connectivity index (χ3v) is 10.3. The Bertz CT molecular complexity index is 1540. The van der Waals surface area contributed by atoms with Gasteiger partial charge >= 0.3 is 0 Å². The number of likely N-dealkylation sites (tertiary alicyclic amines) is 2. The summed E-state index contributed by atoms with van der Waals surface area (Å²) >= 11 is 0. The Morgan fingerprint density at radius 3 is 2.28 bits per heavy atom. The minimum atomic E-state index is -0.526. The molecule has 0 unspecified atom stereocenters. The zero-order valence-corrected chi connectivity index (χ0v) is 29.0. The van der Waals surface area contributed by atoms with Crippen LogP contribution in [0.4, 0.5) is 0 Å². The molecule has 3 saturated heterocycles. The fraction of sp³-hybridized carbons (Fsp3) is 0.500.